The zero-order valence-electron chi connectivity index (χ0n) is 9.53. The number of anilines is 1. The van der Waals surface area contributed by atoms with Crippen molar-refractivity contribution >= 4 is 5.69 Å². The van der Waals surface area contributed by atoms with Gasteiger partial charge in [0.15, 0.2) is 0 Å². The van der Waals surface area contributed by atoms with Crippen LogP contribution in [0.5, 0.6) is 5.75 Å². The van der Waals surface area contributed by atoms with E-state index in [1.165, 1.54) is 0 Å². The molecule has 0 saturated carbocycles. The Morgan fingerprint density at radius 1 is 1.33 bits per heavy atom. The quantitative estimate of drug-likeness (QED) is 0.746. The number of benzene rings is 1. The number of nitrogens with two attached hydrogens (primary N) is 1. The molecular weight excluding hydrogens is 190 g/mol. The van der Waals surface area contributed by atoms with Crippen LogP contribution in [0, 0.1) is 5.92 Å². The van der Waals surface area contributed by atoms with E-state index >= 15 is 0 Å². The molecule has 1 rings (SSSR count). The Balaban J connectivity index is 2.54. The van der Waals surface area contributed by atoms with Gasteiger partial charge in [0.1, 0.15) is 12.4 Å². The van der Waals surface area contributed by atoms with Crippen molar-refractivity contribution in [1.82, 2.24) is 0 Å². The van der Waals surface area contributed by atoms with Crippen LogP contribution in [0.4, 0.5) is 5.69 Å². The molecule has 84 valence electrons. The van der Waals surface area contributed by atoms with Crippen LogP contribution in [0.25, 0.3) is 0 Å². The minimum atomic E-state index is -0.804. The molecule has 1 atom stereocenters. The molecule has 3 N–H and O–H groups in total. The third-order valence-corrected chi connectivity index (χ3v) is 2.65. The molecule has 0 aliphatic carbocycles. The molecule has 3 nitrogen and oxygen atoms in total. The fraction of sp³-hybridized carbons (Fsp3) is 0.500. The standard InChI is InChI=1S/C12H19NO2/c1-9(2)12(3,14)8-15-11-6-4-10(13)5-7-11/h4-7,9,14H,8,13H2,1-3H3. The fourth-order valence-electron chi connectivity index (χ4n) is 0.960. The Labute approximate surface area is 90.9 Å². The smallest absolute Gasteiger partial charge is 0.119 e. The fourth-order valence-corrected chi connectivity index (χ4v) is 0.960. The predicted octanol–water partition coefficient (Wildman–Crippen LogP) is 2.05. The highest BCUT2D eigenvalue weighted by atomic mass is 16.5. The summed E-state index contributed by atoms with van der Waals surface area (Å²) in [5.41, 5.74) is 5.45. The lowest BCUT2D eigenvalue weighted by Crippen LogP contribution is -2.37. The zero-order chi connectivity index (χ0) is 11.5. The first-order valence-electron chi connectivity index (χ1n) is 5.12. The van der Waals surface area contributed by atoms with Crippen LogP contribution >= 0.6 is 0 Å². The van der Waals surface area contributed by atoms with Gasteiger partial charge < -0.3 is 15.6 Å². The Kier molecular flexibility index (Phi) is 3.58. The largest absolute Gasteiger partial charge is 0.491 e. The van der Waals surface area contributed by atoms with Gasteiger partial charge in [0.05, 0.1) is 5.60 Å². The summed E-state index contributed by atoms with van der Waals surface area (Å²) in [6.07, 6.45) is 0. The lowest BCUT2D eigenvalue weighted by Gasteiger charge is -2.27. The SMILES string of the molecule is CC(C)C(C)(O)COc1ccc(N)cc1. The summed E-state index contributed by atoms with van der Waals surface area (Å²) in [6, 6.07) is 7.15. The van der Waals surface area contributed by atoms with E-state index in [1.807, 2.05) is 13.8 Å². The van der Waals surface area contributed by atoms with E-state index in [9.17, 15) is 5.11 Å². The average molecular weight is 209 g/mol. The summed E-state index contributed by atoms with van der Waals surface area (Å²) in [6.45, 7) is 5.99. The van der Waals surface area contributed by atoms with Crippen LogP contribution in [0.15, 0.2) is 24.3 Å². The molecule has 1 aromatic carbocycles. The number of aliphatic hydroxyl groups is 1. The first-order chi connectivity index (χ1) is 6.92. The summed E-state index contributed by atoms with van der Waals surface area (Å²) >= 11 is 0. The maximum Gasteiger partial charge on any atom is 0.119 e. The van der Waals surface area contributed by atoms with Gasteiger partial charge in [-0.1, -0.05) is 13.8 Å². The summed E-state index contributed by atoms with van der Waals surface area (Å²) < 4.78 is 5.48. The predicted molar refractivity (Wildman–Crippen MR) is 61.8 cm³/mol. The molecule has 1 aromatic rings. The van der Waals surface area contributed by atoms with Gasteiger partial charge in [0.2, 0.25) is 0 Å². The second-order valence-corrected chi connectivity index (χ2v) is 4.37. The van der Waals surface area contributed by atoms with Crippen molar-refractivity contribution in [2.75, 3.05) is 12.3 Å². The van der Waals surface area contributed by atoms with Crippen LogP contribution in [0.2, 0.25) is 0 Å². The second kappa shape index (κ2) is 4.53. The van der Waals surface area contributed by atoms with Crippen molar-refractivity contribution in [2.45, 2.75) is 26.4 Å². The van der Waals surface area contributed by atoms with Gasteiger partial charge in [-0.25, -0.2) is 0 Å². The molecule has 0 aromatic heterocycles. The first-order valence-corrected chi connectivity index (χ1v) is 5.12. The third kappa shape index (κ3) is 3.44. The maximum atomic E-state index is 9.96. The van der Waals surface area contributed by atoms with E-state index < -0.39 is 5.60 Å². The number of ether oxygens (including phenoxy) is 1. The van der Waals surface area contributed by atoms with Crippen molar-refractivity contribution in [3.8, 4) is 5.75 Å². The van der Waals surface area contributed by atoms with Crippen LogP contribution < -0.4 is 10.5 Å². The summed E-state index contributed by atoms with van der Waals surface area (Å²) in [4.78, 5) is 0. The van der Waals surface area contributed by atoms with E-state index in [2.05, 4.69) is 0 Å². The number of rotatable bonds is 4. The highest BCUT2D eigenvalue weighted by Crippen LogP contribution is 2.19. The Hall–Kier alpha value is -1.22. The summed E-state index contributed by atoms with van der Waals surface area (Å²) in [7, 11) is 0. The third-order valence-electron chi connectivity index (χ3n) is 2.65. The molecule has 0 heterocycles. The molecule has 0 aliphatic heterocycles. The lowest BCUT2D eigenvalue weighted by atomic mass is 9.94. The second-order valence-electron chi connectivity index (χ2n) is 4.37. The van der Waals surface area contributed by atoms with Gasteiger partial charge in [-0.2, -0.15) is 0 Å². The lowest BCUT2D eigenvalue weighted by molar-refractivity contribution is -0.0266. The van der Waals surface area contributed by atoms with Gasteiger partial charge in [0, 0.05) is 5.69 Å². The summed E-state index contributed by atoms with van der Waals surface area (Å²) in [5.74, 6) is 0.886. The van der Waals surface area contributed by atoms with Gasteiger partial charge >= 0.3 is 0 Å². The molecule has 0 amide bonds. The van der Waals surface area contributed by atoms with E-state index in [1.54, 1.807) is 31.2 Å². The van der Waals surface area contributed by atoms with Crippen LogP contribution in [-0.2, 0) is 0 Å². The number of hydrogen-bond donors (Lipinski definition) is 2. The zero-order valence-corrected chi connectivity index (χ0v) is 9.53. The molecule has 0 fully saturated rings. The average Bonchev–Trinajstić information content (AvgIpc) is 2.17. The minimum Gasteiger partial charge on any atom is -0.491 e. The van der Waals surface area contributed by atoms with E-state index in [4.69, 9.17) is 10.5 Å². The molecule has 0 aliphatic rings. The molecule has 0 bridgehead atoms. The molecule has 0 spiro atoms. The maximum absolute atomic E-state index is 9.96. The van der Waals surface area contributed by atoms with Gasteiger partial charge in [-0.15, -0.1) is 0 Å². The van der Waals surface area contributed by atoms with Crippen LogP contribution in [0.3, 0.4) is 0 Å². The molecule has 0 radical (unpaired) electrons. The first kappa shape index (κ1) is 11.9. The van der Waals surface area contributed by atoms with Crippen molar-refractivity contribution in [1.29, 1.82) is 0 Å². The van der Waals surface area contributed by atoms with E-state index in [0.29, 0.717) is 5.69 Å². The van der Waals surface area contributed by atoms with Crippen molar-refractivity contribution in [3.63, 3.8) is 0 Å². The van der Waals surface area contributed by atoms with Crippen LogP contribution in [0.1, 0.15) is 20.8 Å². The molecular formula is C12H19NO2. The molecule has 0 saturated heterocycles. The number of nitrogen functional groups attached to an aromatic ring is 1. The van der Waals surface area contributed by atoms with E-state index in [0.717, 1.165) is 5.75 Å². The highest BCUT2D eigenvalue weighted by molar-refractivity contribution is 5.41. The van der Waals surface area contributed by atoms with E-state index in [-0.39, 0.29) is 12.5 Å². The molecule has 15 heavy (non-hydrogen) atoms. The Morgan fingerprint density at radius 3 is 2.33 bits per heavy atom. The minimum absolute atomic E-state index is 0.159. The van der Waals surface area contributed by atoms with Gasteiger partial charge in [-0.05, 0) is 37.1 Å². The normalized spacial score (nSPS) is 15.0. The van der Waals surface area contributed by atoms with Crippen LogP contribution in [-0.4, -0.2) is 17.3 Å². The topological polar surface area (TPSA) is 55.5 Å². The van der Waals surface area contributed by atoms with Crippen molar-refractivity contribution in [2.24, 2.45) is 5.92 Å². The van der Waals surface area contributed by atoms with Crippen molar-refractivity contribution < 1.29 is 9.84 Å². The summed E-state index contributed by atoms with van der Waals surface area (Å²) in [5, 5.41) is 9.96. The monoisotopic (exact) mass is 209 g/mol. The highest BCUT2D eigenvalue weighted by Gasteiger charge is 2.25. The number of hydrogen-bond acceptors (Lipinski definition) is 3. The van der Waals surface area contributed by atoms with Gasteiger partial charge in [0.25, 0.3) is 0 Å². The van der Waals surface area contributed by atoms with Gasteiger partial charge in [-0.3, -0.25) is 0 Å². The Bertz CT molecular complexity index is 304. The molecule has 1 unspecified atom stereocenters. The molecule has 3 heteroatoms. The Morgan fingerprint density at radius 2 is 1.87 bits per heavy atom. The van der Waals surface area contributed by atoms with Crippen molar-refractivity contribution in [3.05, 3.63) is 24.3 Å².